The molecule has 0 amide bonds. The van der Waals surface area contributed by atoms with E-state index in [1.54, 1.807) is 0 Å². The Labute approximate surface area is 133 Å². The van der Waals surface area contributed by atoms with Crippen molar-refractivity contribution in [3.8, 4) is 0 Å². The molecule has 0 aliphatic carbocycles. The molecule has 0 saturated carbocycles. The van der Waals surface area contributed by atoms with Crippen LogP contribution in [-0.2, 0) is 12.2 Å². The summed E-state index contributed by atoms with van der Waals surface area (Å²) in [5.74, 6) is 2.00. The van der Waals surface area contributed by atoms with Crippen molar-refractivity contribution in [2.45, 2.75) is 38.5 Å². The molecule has 2 aromatic rings. The Bertz CT molecular complexity index is 548. The molecule has 2 N–H and O–H groups in total. The first-order valence-electron chi connectivity index (χ1n) is 7.67. The lowest BCUT2D eigenvalue weighted by atomic mass is 10.0. The largest absolute Gasteiger partial charge is 0.323 e. The van der Waals surface area contributed by atoms with Crippen molar-refractivity contribution in [1.29, 1.82) is 0 Å². The molecule has 0 aliphatic rings. The summed E-state index contributed by atoms with van der Waals surface area (Å²) in [5.41, 5.74) is 11.7. The summed E-state index contributed by atoms with van der Waals surface area (Å²) < 4.78 is 0. The minimum absolute atomic E-state index is 0.120. The molecule has 21 heavy (non-hydrogen) atoms. The average Bonchev–Trinajstić information content (AvgIpc) is 2.50. The smallest absolute Gasteiger partial charge is 0.0386 e. The molecular weight excluding hydrogens is 274 g/mol. The highest BCUT2D eigenvalue weighted by Gasteiger charge is 2.07. The van der Waals surface area contributed by atoms with Gasteiger partial charge in [0, 0.05) is 17.5 Å². The van der Waals surface area contributed by atoms with Crippen LogP contribution in [0.5, 0.6) is 0 Å². The van der Waals surface area contributed by atoms with Gasteiger partial charge >= 0.3 is 0 Å². The van der Waals surface area contributed by atoms with E-state index in [4.69, 9.17) is 5.73 Å². The van der Waals surface area contributed by atoms with Crippen molar-refractivity contribution in [1.82, 2.24) is 0 Å². The third-order valence-electron chi connectivity index (χ3n) is 3.76. The molecule has 2 heteroatoms. The molecule has 1 unspecified atom stereocenters. The quantitative estimate of drug-likeness (QED) is 0.788. The van der Waals surface area contributed by atoms with Crippen molar-refractivity contribution >= 4 is 11.8 Å². The molecular formula is C19H25NS. The number of nitrogens with two attached hydrogens (primary N) is 1. The SMILES string of the molecule is CCCc1ccc(C(N)CSCc2ccccc2C)cc1. The maximum absolute atomic E-state index is 6.30. The lowest BCUT2D eigenvalue weighted by Gasteiger charge is -2.13. The molecule has 0 aromatic heterocycles. The molecule has 112 valence electrons. The van der Waals surface area contributed by atoms with Crippen LogP contribution in [0.3, 0.4) is 0 Å². The highest BCUT2D eigenvalue weighted by Crippen LogP contribution is 2.21. The van der Waals surface area contributed by atoms with Gasteiger partial charge in [-0.2, -0.15) is 11.8 Å². The van der Waals surface area contributed by atoms with E-state index < -0.39 is 0 Å². The standard InChI is InChI=1S/C19H25NS/c1-3-6-16-9-11-17(12-10-16)19(20)14-21-13-18-8-5-4-7-15(18)2/h4-5,7-12,19H,3,6,13-14,20H2,1-2H3. The molecule has 1 atom stereocenters. The minimum Gasteiger partial charge on any atom is -0.323 e. The Morgan fingerprint density at radius 1 is 1.05 bits per heavy atom. The van der Waals surface area contributed by atoms with Gasteiger partial charge in [-0.05, 0) is 35.6 Å². The normalized spacial score (nSPS) is 12.3. The summed E-state index contributed by atoms with van der Waals surface area (Å²) in [5, 5.41) is 0. The van der Waals surface area contributed by atoms with E-state index in [0.29, 0.717) is 0 Å². The highest BCUT2D eigenvalue weighted by molar-refractivity contribution is 7.98. The van der Waals surface area contributed by atoms with Crippen LogP contribution < -0.4 is 5.73 Å². The van der Waals surface area contributed by atoms with Gasteiger partial charge in [-0.25, -0.2) is 0 Å². The lowest BCUT2D eigenvalue weighted by molar-refractivity contribution is 0.828. The van der Waals surface area contributed by atoms with Crippen LogP contribution in [0.15, 0.2) is 48.5 Å². The van der Waals surface area contributed by atoms with Gasteiger partial charge in [0.25, 0.3) is 0 Å². The Morgan fingerprint density at radius 3 is 2.43 bits per heavy atom. The Morgan fingerprint density at radius 2 is 1.76 bits per heavy atom. The van der Waals surface area contributed by atoms with Gasteiger partial charge in [-0.3, -0.25) is 0 Å². The maximum atomic E-state index is 6.30. The third kappa shape index (κ3) is 4.90. The van der Waals surface area contributed by atoms with Crippen LogP contribution in [0, 0.1) is 6.92 Å². The summed E-state index contributed by atoms with van der Waals surface area (Å²) in [6, 6.07) is 17.5. The Kier molecular flexibility index (Phi) is 6.34. The lowest BCUT2D eigenvalue weighted by Crippen LogP contribution is -2.13. The van der Waals surface area contributed by atoms with E-state index in [1.807, 2.05) is 11.8 Å². The molecule has 2 rings (SSSR count). The fraction of sp³-hybridized carbons (Fsp3) is 0.368. The molecule has 0 heterocycles. The summed E-state index contributed by atoms with van der Waals surface area (Å²) in [6.07, 6.45) is 2.34. The Balaban J connectivity index is 1.84. The fourth-order valence-corrected chi connectivity index (χ4v) is 3.49. The zero-order chi connectivity index (χ0) is 15.1. The molecule has 0 spiro atoms. The average molecular weight is 299 g/mol. The van der Waals surface area contributed by atoms with E-state index in [1.165, 1.54) is 28.7 Å². The van der Waals surface area contributed by atoms with Gasteiger partial charge in [-0.15, -0.1) is 0 Å². The van der Waals surface area contributed by atoms with Crippen molar-refractivity contribution in [3.63, 3.8) is 0 Å². The summed E-state index contributed by atoms with van der Waals surface area (Å²) >= 11 is 1.91. The number of hydrogen-bond donors (Lipinski definition) is 1. The zero-order valence-corrected chi connectivity index (χ0v) is 13.8. The second-order valence-corrected chi connectivity index (χ2v) is 6.57. The molecule has 0 fully saturated rings. The van der Waals surface area contributed by atoms with E-state index in [9.17, 15) is 0 Å². The summed E-state index contributed by atoms with van der Waals surface area (Å²) in [4.78, 5) is 0. The Hall–Kier alpha value is -1.25. The number of hydrogen-bond acceptors (Lipinski definition) is 2. The topological polar surface area (TPSA) is 26.0 Å². The molecule has 0 aliphatic heterocycles. The van der Waals surface area contributed by atoms with E-state index in [0.717, 1.165) is 17.9 Å². The first-order chi connectivity index (χ1) is 10.2. The van der Waals surface area contributed by atoms with E-state index in [2.05, 4.69) is 62.4 Å². The molecule has 0 bridgehead atoms. The second kappa shape index (κ2) is 8.26. The van der Waals surface area contributed by atoms with E-state index >= 15 is 0 Å². The molecule has 0 saturated heterocycles. The number of thioether (sulfide) groups is 1. The van der Waals surface area contributed by atoms with Gasteiger partial charge in [0.15, 0.2) is 0 Å². The van der Waals surface area contributed by atoms with Crippen LogP contribution in [0.25, 0.3) is 0 Å². The van der Waals surface area contributed by atoms with Crippen LogP contribution in [-0.4, -0.2) is 5.75 Å². The van der Waals surface area contributed by atoms with Crippen LogP contribution >= 0.6 is 11.8 Å². The van der Waals surface area contributed by atoms with Crippen LogP contribution in [0.4, 0.5) is 0 Å². The number of benzene rings is 2. The second-order valence-electron chi connectivity index (χ2n) is 5.54. The number of aryl methyl sites for hydroxylation is 2. The van der Waals surface area contributed by atoms with Gasteiger partial charge < -0.3 is 5.73 Å². The summed E-state index contributed by atoms with van der Waals surface area (Å²) in [6.45, 7) is 4.38. The van der Waals surface area contributed by atoms with Gasteiger partial charge in [-0.1, -0.05) is 61.9 Å². The predicted octanol–water partition coefficient (Wildman–Crippen LogP) is 4.88. The van der Waals surface area contributed by atoms with E-state index in [-0.39, 0.29) is 6.04 Å². The van der Waals surface area contributed by atoms with Crippen molar-refractivity contribution in [3.05, 3.63) is 70.8 Å². The van der Waals surface area contributed by atoms with Gasteiger partial charge in [0.05, 0.1) is 0 Å². The van der Waals surface area contributed by atoms with Crippen LogP contribution in [0.2, 0.25) is 0 Å². The fourth-order valence-electron chi connectivity index (χ4n) is 2.38. The summed E-state index contributed by atoms with van der Waals surface area (Å²) in [7, 11) is 0. The first-order valence-corrected chi connectivity index (χ1v) is 8.83. The number of rotatable bonds is 7. The highest BCUT2D eigenvalue weighted by atomic mass is 32.2. The molecule has 0 radical (unpaired) electrons. The van der Waals surface area contributed by atoms with Crippen molar-refractivity contribution < 1.29 is 0 Å². The monoisotopic (exact) mass is 299 g/mol. The molecule has 2 aromatic carbocycles. The third-order valence-corrected chi connectivity index (χ3v) is 4.87. The first kappa shape index (κ1) is 16.1. The maximum Gasteiger partial charge on any atom is 0.0386 e. The predicted molar refractivity (Wildman–Crippen MR) is 94.7 cm³/mol. The zero-order valence-electron chi connectivity index (χ0n) is 13.0. The van der Waals surface area contributed by atoms with Crippen LogP contribution in [0.1, 0.15) is 41.6 Å². The van der Waals surface area contributed by atoms with Crippen molar-refractivity contribution in [2.24, 2.45) is 5.73 Å². The molecule has 1 nitrogen and oxygen atoms in total. The van der Waals surface area contributed by atoms with Crippen molar-refractivity contribution in [2.75, 3.05) is 5.75 Å². The van der Waals surface area contributed by atoms with Gasteiger partial charge in [0.1, 0.15) is 0 Å². The minimum atomic E-state index is 0.120. The van der Waals surface area contributed by atoms with Gasteiger partial charge in [0.2, 0.25) is 0 Å².